The summed E-state index contributed by atoms with van der Waals surface area (Å²) >= 11 is 0. The maximum Gasteiger partial charge on any atom is 0.224 e. The van der Waals surface area contributed by atoms with Gasteiger partial charge < -0.3 is 16.0 Å². The number of piperidine rings is 1. The minimum Gasteiger partial charge on any atom is -0.384 e. The van der Waals surface area contributed by atoms with Crippen molar-refractivity contribution >= 4 is 11.8 Å². The van der Waals surface area contributed by atoms with Gasteiger partial charge in [0, 0.05) is 18.8 Å². The second-order valence-electron chi connectivity index (χ2n) is 4.71. The molecule has 0 spiro atoms. The molecule has 94 valence electrons. The smallest absolute Gasteiger partial charge is 0.224 e. The fraction of sp³-hybridized carbons (Fsp3) is 0.667. The molecule has 1 saturated heterocycles. The standard InChI is InChI=1S/C12H21N5/c1-10(9-17-7-3-2-4-8-17)15-12-14-6-5-11(13)16-12/h5-6,10H,2-4,7-9H2,1H3,(H3,13,14,15,16). The van der Waals surface area contributed by atoms with E-state index < -0.39 is 0 Å². The fourth-order valence-corrected chi connectivity index (χ4v) is 2.24. The van der Waals surface area contributed by atoms with Gasteiger partial charge in [-0.15, -0.1) is 0 Å². The summed E-state index contributed by atoms with van der Waals surface area (Å²) in [5.74, 6) is 1.13. The summed E-state index contributed by atoms with van der Waals surface area (Å²) in [6, 6.07) is 2.04. The molecular weight excluding hydrogens is 214 g/mol. The molecule has 1 fully saturated rings. The lowest BCUT2D eigenvalue weighted by Gasteiger charge is -2.29. The highest BCUT2D eigenvalue weighted by atomic mass is 15.2. The lowest BCUT2D eigenvalue weighted by Crippen LogP contribution is -2.38. The average Bonchev–Trinajstić information content (AvgIpc) is 2.30. The van der Waals surface area contributed by atoms with Crippen molar-refractivity contribution in [3.05, 3.63) is 12.3 Å². The molecule has 5 nitrogen and oxygen atoms in total. The minimum absolute atomic E-state index is 0.342. The molecule has 1 unspecified atom stereocenters. The van der Waals surface area contributed by atoms with Crippen LogP contribution in [-0.2, 0) is 0 Å². The van der Waals surface area contributed by atoms with E-state index in [0.717, 1.165) is 6.54 Å². The third-order valence-electron chi connectivity index (χ3n) is 3.03. The number of nitrogens with zero attached hydrogens (tertiary/aromatic N) is 3. The van der Waals surface area contributed by atoms with Gasteiger partial charge in [0.15, 0.2) is 0 Å². The van der Waals surface area contributed by atoms with Crippen LogP contribution >= 0.6 is 0 Å². The Balaban J connectivity index is 1.82. The van der Waals surface area contributed by atoms with Crippen LogP contribution in [0.4, 0.5) is 11.8 Å². The average molecular weight is 235 g/mol. The van der Waals surface area contributed by atoms with Gasteiger partial charge >= 0.3 is 0 Å². The molecule has 0 saturated carbocycles. The van der Waals surface area contributed by atoms with Crippen molar-refractivity contribution in [1.82, 2.24) is 14.9 Å². The van der Waals surface area contributed by atoms with Gasteiger partial charge in [0.05, 0.1) is 0 Å². The van der Waals surface area contributed by atoms with Gasteiger partial charge in [-0.3, -0.25) is 0 Å². The van der Waals surface area contributed by atoms with Crippen LogP contribution in [0.5, 0.6) is 0 Å². The highest BCUT2D eigenvalue weighted by molar-refractivity contribution is 5.35. The second kappa shape index (κ2) is 5.82. The Bertz CT molecular complexity index is 349. The molecule has 3 N–H and O–H groups in total. The van der Waals surface area contributed by atoms with Crippen LogP contribution in [0.25, 0.3) is 0 Å². The van der Waals surface area contributed by atoms with Crippen molar-refractivity contribution in [2.75, 3.05) is 30.7 Å². The highest BCUT2D eigenvalue weighted by Gasteiger charge is 2.13. The van der Waals surface area contributed by atoms with E-state index in [9.17, 15) is 0 Å². The van der Waals surface area contributed by atoms with Crippen LogP contribution in [-0.4, -0.2) is 40.5 Å². The van der Waals surface area contributed by atoms with Gasteiger partial charge in [0.2, 0.25) is 5.95 Å². The van der Waals surface area contributed by atoms with Gasteiger partial charge in [-0.1, -0.05) is 6.42 Å². The van der Waals surface area contributed by atoms with Crippen LogP contribution in [0.1, 0.15) is 26.2 Å². The lowest BCUT2D eigenvalue weighted by atomic mass is 10.1. The van der Waals surface area contributed by atoms with Crippen LogP contribution in [0, 0.1) is 0 Å². The third-order valence-corrected chi connectivity index (χ3v) is 3.03. The minimum atomic E-state index is 0.342. The molecule has 1 aromatic heterocycles. The molecule has 0 radical (unpaired) electrons. The number of anilines is 2. The number of likely N-dealkylation sites (tertiary alicyclic amines) is 1. The number of nitrogen functional groups attached to an aromatic ring is 1. The Hall–Kier alpha value is -1.36. The van der Waals surface area contributed by atoms with Gasteiger partial charge in [-0.25, -0.2) is 4.98 Å². The molecule has 1 aliphatic heterocycles. The van der Waals surface area contributed by atoms with E-state index in [0.29, 0.717) is 17.8 Å². The Morgan fingerprint density at radius 1 is 1.41 bits per heavy atom. The second-order valence-corrected chi connectivity index (χ2v) is 4.71. The zero-order valence-corrected chi connectivity index (χ0v) is 10.4. The molecule has 2 rings (SSSR count). The number of nitrogens with two attached hydrogens (primary N) is 1. The molecule has 1 aliphatic rings. The maximum atomic E-state index is 5.62. The normalized spacial score (nSPS) is 18.9. The van der Waals surface area contributed by atoms with E-state index in [-0.39, 0.29) is 0 Å². The third kappa shape index (κ3) is 3.85. The Morgan fingerprint density at radius 2 is 2.18 bits per heavy atom. The predicted molar refractivity (Wildman–Crippen MR) is 69.8 cm³/mol. The summed E-state index contributed by atoms with van der Waals surface area (Å²) in [5, 5.41) is 3.29. The summed E-state index contributed by atoms with van der Waals surface area (Å²) in [6.07, 6.45) is 5.69. The molecule has 1 atom stereocenters. The number of aromatic nitrogens is 2. The van der Waals surface area contributed by atoms with E-state index in [1.54, 1.807) is 12.3 Å². The van der Waals surface area contributed by atoms with Crippen molar-refractivity contribution in [1.29, 1.82) is 0 Å². The van der Waals surface area contributed by atoms with E-state index in [2.05, 4.69) is 27.1 Å². The Kier molecular flexibility index (Phi) is 4.14. The molecule has 2 heterocycles. The molecule has 0 aromatic carbocycles. The van der Waals surface area contributed by atoms with E-state index in [1.807, 2.05) is 0 Å². The SMILES string of the molecule is CC(CN1CCCCC1)Nc1nccc(N)n1. The number of hydrogen-bond acceptors (Lipinski definition) is 5. The first kappa shape index (κ1) is 12.1. The van der Waals surface area contributed by atoms with Crippen LogP contribution in [0.3, 0.4) is 0 Å². The quantitative estimate of drug-likeness (QED) is 0.824. The van der Waals surface area contributed by atoms with Crippen LogP contribution in [0.15, 0.2) is 12.3 Å². The first-order chi connectivity index (χ1) is 8.24. The number of rotatable bonds is 4. The first-order valence-corrected chi connectivity index (χ1v) is 6.31. The Morgan fingerprint density at radius 3 is 2.88 bits per heavy atom. The van der Waals surface area contributed by atoms with Gasteiger partial charge in [0.1, 0.15) is 5.82 Å². The van der Waals surface area contributed by atoms with E-state index in [1.165, 1.54) is 32.4 Å². The Labute approximate surface area is 102 Å². The molecule has 0 aliphatic carbocycles. The highest BCUT2D eigenvalue weighted by Crippen LogP contribution is 2.10. The first-order valence-electron chi connectivity index (χ1n) is 6.31. The number of nitrogens with one attached hydrogen (secondary N) is 1. The van der Waals surface area contributed by atoms with Crippen LogP contribution < -0.4 is 11.1 Å². The van der Waals surface area contributed by atoms with E-state index >= 15 is 0 Å². The summed E-state index contributed by atoms with van der Waals surface area (Å²) in [6.45, 7) is 5.62. The molecule has 0 bridgehead atoms. The van der Waals surface area contributed by atoms with Crippen molar-refractivity contribution < 1.29 is 0 Å². The maximum absolute atomic E-state index is 5.62. The van der Waals surface area contributed by atoms with Gasteiger partial charge in [0.25, 0.3) is 0 Å². The topological polar surface area (TPSA) is 67.1 Å². The fourth-order valence-electron chi connectivity index (χ4n) is 2.24. The predicted octanol–water partition coefficient (Wildman–Crippen LogP) is 1.35. The van der Waals surface area contributed by atoms with Crippen molar-refractivity contribution in [2.24, 2.45) is 0 Å². The van der Waals surface area contributed by atoms with Crippen molar-refractivity contribution in [3.8, 4) is 0 Å². The summed E-state index contributed by atoms with van der Waals surface area (Å²) in [4.78, 5) is 10.8. The largest absolute Gasteiger partial charge is 0.384 e. The van der Waals surface area contributed by atoms with E-state index in [4.69, 9.17) is 5.73 Å². The molecule has 0 amide bonds. The van der Waals surface area contributed by atoms with Crippen molar-refractivity contribution in [3.63, 3.8) is 0 Å². The monoisotopic (exact) mass is 235 g/mol. The van der Waals surface area contributed by atoms with Gasteiger partial charge in [-0.05, 0) is 38.9 Å². The molecular formula is C12H21N5. The van der Waals surface area contributed by atoms with Gasteiger partial charge in [-0.2, -0.15) is 4.98 Å². The molecule has 17 heavy (non-hydrogen) atoms. The summed E-state index contributed by atoms with van der Waals surface area (Å²) in [7, 11) is 0. The van der Waals surface area contributed by atoms with Crippen LogP contribution in [0.2, 0.25) is 0 Å². The summed E-state index contributed by atoms with van der Waals surface area (Å²) in [5.41, 5.74) is 5.62. The zero-order chi connectivity index (χ0) is 12.1. The molecule has 1 aromatic rings. The number of hydrogen-bond donors (Lipinski definition) is 2. The summed E-state index contributed by atoms with van der Waals surface area (Å²) < 4.78 is 0. The zero-order valence-electron chi connectivity index (χ0n) is 10.4. The lowest BCUT2D eigenvalue weighted by molar-refractivity contribution is 0.223. The van der Waals surface area contributed by atoms with Crippen molar-refractivity contribution in [2.45, 2.75) is 32.2 Å². The molecule has 5 heteroatoms.